The second-order valence-electron chi connectivity index (χ2n) is 5.57. The van der Waals surface area contributed by atoms with Crippen LogP contribution in [0.2, 0.25) is 0 Å². The fraction of sp³-hybridized carbons (Fsp3) is 0.278. The van der Waals surface area contributed by atoms with Gasteiger partial charge < -0.3 is 23.6 Å². The maximum absolute atomic E-state index is 12.1. The number of carbonyl (C=O) groups excluding carboxylic acids is 1. The third kappa shape index (κ3) is 4.82. The van der Waals surface area contributed by atoms with Crippen molar-refractivity contribution in [1.29, 1.82) is 0 Å². The highest BCUT2D eigenvalue weighted by molar-refractivity contribution is 7.99. The van der Waals surface area contributed by atoms with Crippen LogP contribution in [0.1, 0.15) is 18.7 Å². The SMILES string of the molecule is COc1cc(OC)cc(-c2nnc(SCC(=O)N[C@H](C)c3ccco3)o2)c1. The van der Waals surface area contributed by atoms with Crippen LogP contribution in [-0.2, 0) is 4.79 Å². The summed E-state index contributed by atoms with van der Waals surface area (Å²) in [5.74, 6) is 2.23. The summed E-state index contributed by atoms with van der Waals surface area (Å²) in [6.07, 6.45) is 1.57. The summed E-state index contributed by atoms with van der Waals surface area (Å²) in [6, 6.07) is 8.66. The number of methoxy groups -OCH3 is 2. The summed E-state index contributed by atoms with van der Waals surface area (Å²) in [6.45, 7) is 1.85. The van der Waals surface area contributed by atoms with Gasteiger partial charge in [0.05, 0.1) is 32.3 Å². The molecule has 0 aliphatic rings. The Balaban J connectivity index is 1.60. The maximum atomic E-state index is 12.1. The number of hydrogen-bond donors (Lipinski definition) is 1. The molecule has 3 aromatic rings. The molecule has 0 spiro atoms. The van der Waals surface area contributed by atoms with Crippen LogP contribution in [0.4, 0.5) is 0 Å². The molecule has 0 fully saturated rings. The van der Waals surface area contributed by atoms with Crippen LogP contribution in [0.3, 0.4) is 0 Å². The number of amides is 1. The summed E-state index contributed by atoms with van der Waals surface area (Å²) in [7, 11) is 3.13. The first-order valence-corrected chi connectivity index (χ1v) is 9.10. The lowest BCUT2D eigenvalue weighted by Gasteiger charge is -2.10. The van der Waals surface area contributed by atoms with Crippen molar-refractivity contribution >= 4 is 17.7 Å². The van der Waals surface area contributed by atoms with Gasteiger partial charge in [-0.15, -0.1) is 10.2 Å². The molecule has 8 nitrogen and oxygen atoms in total. The molecule has 0 saturated carbocycles. The Morgan fingerprint density at radius 2 is 1.96 bits per heavy atom. The monoisotopic (exact) mass is 389 g/mol. The van der Waals surface area contributed by atoms with Gasteiger partial charge in [0.2, 0.25) is 11.8 Å². The minimum Gasteiger partial charge on any atom is -0.497 e. The van der Waals surface area contributed by atoms with Gasteiger partial charge in [0.25, 0.3) is 5.22 Å². The predicted octanol–water partition coefficient (Wildman–Crippen LogP) is 3.32. The zero-order valence-corrected chi connectivity index (χ0v) is 15.9. The lowest BCUT2D eigenvalue weighted by atomic mass is 10.2. The third-order valence-electron chi connectivity index (χ3n) is 3.68. The Labute approximate surface area is 160 Å². The van der Waals surface area contributed by atoms with E-state index in [0.29, 0.717) is 33.9 Å². The van der Waals surface area contributed by atoms with E-state index < -0.39 is 0 Å². The average molecular weight is 389 g/mol. The molecule has 9 heteroatoms. The first-order chi connectivity index (χ1) is 13.1. The van der Waals surface area contributed by atoms with Crippen molar-refractivity contribution in [3.63, 3.8) is 0 Å². The summed E-state index contributed by atoms with van der Waals surface area (Å²) in [5.41, 5.74) is 0.668. The van der Waals surface area contributed by atoms with Crippen LogP contribution in [-0.4, -0.2) is 36.1 Å². The number of furan rings is 1. The van der Waals surface area contributed by atoms with Gasteiger partial charge in [0.15, 0.2) is 0 Å². The molecule has 0 saturated heterocycles. The Bertz CT molecular complexity index is 872. The van der Waals surface area contributed by atoms with E-state index >= 15 is 0 Å². The molecule has 2 heterocycles. The van der Waals surface area contributed by atoms with Gasteiger partial charge in [-0.3, -0.25) is 4.79 Å². The third-order valence-corrected chi connectivity index (χ3v) is 4.50. The Morgan fingerprint density at radius 3 is 2.59 bits per heavy atom. The number of carbonyl (C=O) groups is 1. The van der Waals surface area contributed by atoms with Crippen molar-refractivity contribution in [2.45, 2.75) is 18.2 Å². The highest BCUT2D eigenvalue weighted by Gasteiger charge is 2.15. The van der Waals surface area contributed by atoms with E-state index in [0.717, 1.165) is 11.8 Å². The number of rotatable bonds is 8. The van der Waals surface area contributed by atoms with E-state index in [9.17, 15) is 4.79 Å². The quantitative estimate of drug-likeness (QED) is 0.586. The van der Waals surface area contributed by atoms with Crippen molar-refractivity contribution in [1.82, 2.24) is 15.5 Å². The van der Waals surface area contributed by atoms with Gasteiger partial charge in [-0.2, -0.15) is 0 Å². The molecule has 1 N–H and O–H groups in total. The highest BCUT2D eigenvalue weighted by atomic mass is 32.2. The van der Waals surface area contributed by atoms with Gasteiger partial charge >= 0.3 is 0 Å². The van der Waals surface area contributed by atoms with Gasteiger partial charge in [-0.1, -0.05) is 11.8 Å². The van der Waals surface area contributed by atoms with E-state index in [1.165, 1.54) is 0 Å². The minimum absolute atomic E-state index is 0.147. The molecule has 1 atom stereocenters. The van der Waals surface area contributed by atoms with E-state index in [-0.39, 0.29) is 17.7 Å². The van der Waals surface area contributed by atoms with E-state index in [1.807, 2.05) is 13.0 Å². The Kier molecular flexibility index (Phi) is 6.02. The normalized spacial score (nSPS) is 11.8. The maximum Gasteiger partial charge on any atom is 0.277 e. The first kappa shape index (κ1) is 18.8. The molecule has 1 aromatic carbocycles. The Morgan fingerprint density at radius 1 is 1.22 bits per heavy atom. The summed E-state index contributed by atoms with van der Waals surface area (Å²) in [5, 5.41) is 11.1. The second kappa shape index (κ2) is 8.63. The van der Waals surface area contributed by atoms with Crippen molar-refractivity contribution in [2.24, 2.45) is 0 Å². The highest BCUT2D eigenvalue weighted by Crippen LogP contribution is 2.30. The predicted molar refractivity (Wildman–Crippen MR) is 98.8 cm³/mol. The minimum atomic E-state index is -0.212. The van der Waals surface area contributed by atoms with E-state index in [4.69, 9.17) is 18.3 Å². The van der Waals surface area contributed by atoms with Crippen LogP contribution < -0.4 is 14.8 Å². The average Bonchev–Trinajstić information content (AvgIpc) is 3.37. The van der Waals surface area contributed by atoms with Gasteiger partial charge in [-0.05, 0) is 31.2 Å². The van der Waals surface area contributed by atoms with Crippen molar-refractivity contribution in [3.05, 3.63) is 42.4 Å². The largest absolute Gasteiger partial charge is 0.497 e. The van der Waals surface area contributed by atoms with Gasteiger partial charge in [-0.25, -0.2) is 0 Å². The number of hydrogen-bond acceptors (Lipinski definition) is 8. The standard InChI is InChI=1S/C18H19N3O5S/c1-11(15-5-4-6-25-15)19-16(22)10-27-18-21-20-17(26-18)12-7-13(23-2)9-14(8-12)24-3/h4-9,11H,10H2,1-3H3,(H,19,22)/t11-/m1/s1. The summed E-state index contributed by atoms with van der Waals surface area (Å²) < 4.78 is 21.4. The van der Waals surface area contributed by atoms with Crippen LogP contribution in [0.15, 0.2) is 50.7 Å². The number of aromatic nitrogens is 2. The van der Waals surface area contributed by atoms with E-state index in [2.05, 4.69) is 15.5 Å². The molecule has 2 aromatic heterocycles. The van der Waals surface area contributed by atoms with Gasteiger partial charge in [0, 0.05) is 11.6 Å². The fourth-order valence-electron chi connectivity index (χ4n) is 2.33. The molecule has 0 radical (unpaired) electrons. The van der Waals surface area contributed by atoms with Crippen molar-refractivity contribution in [2.75, 3.05) is 20.0 Å². The number of thioether (sulfide) groups is 1. The summed E-state index contributed by atoms with van der Waals surface area (Å²) in [4.78, 5) is 12.1. The molecule has 3 rings (SSSR count). The second-order valence-corrected chi connectivity index (χ2v) is 6.49. The number of ether oxygens (including phenoxy) is 2. The van der Waals surface area contributed by atoms with Crippen LogP contribution in [0, 0.1) is 0 Å². The van der Waals surface area contributed by atoms with E-state index in [1.54, 1.807) is 44.7 Å². The van der Waals surface area contributed by atoms with Crippen LogP contribution in [0.5, 0.6) is 11.5 Å². The molecule has 142 valence electrons. The number of nitrogens with one attached hydrogen (secondary N) is 1. The topological polar surface area (TPSA) is 99.6 Å². The zero-order chi connectivity index (χ0) is 19.2. The molecular formula is C18H19N3O5S. The van der Waals surface area contributed by atoms with Crippen molar-refractivity contribution in [3.8, 4) is 23.0 Å². The number of benzene rings is 1. The number of nitrogens with zero attached hydrogens (tertiary/aromatic N) is 2. The van der Waals surface area contributed by atoms with Crippen LogP contribution >= 0.6 is 11.8 Å². The molecule has 0 unspecified atom stereocenters. The van der Waals surface area contributed by atoms with Crippen LogP contribution in [0.25, 0.3) is 11.5 Å². The Hall–Kier alpha value is -2.94. The molecule has 0 aliphatic carbocycles. The first-order valence-electron chi connectivity index (χ1n) is 8.11. The lowest BCUT2D eigenvalue weighted by Crippen LogP contribution is -2.27. The molecule has 0 aliphatic heterocycles. The smallest absolute Gasteiger partial charge is 0.277 e. The molecule has 1 amide bonds. The molecule has 27 heavy (non-hydrogen) atoms. The van der Waals surface area contributed by atoms with Crippen molar-refractivity contribution < 1.29 is 23.1 Å². The molecule has 0 bridgehead atoms. The molecular weight excluding hydrogens is 370 g/mol. The fourth-order valence-corrected chi connectivity index (χ4v) is 2.91. The summed E-state index contributed by atoms with van der Waals surface area (Å²) >= 11 is 1.16. The lowest BCUT2D eigenvalue weighted by molar-refractivity contribution is -0.119. The zero-order valence-electron chi connectivity index (χ0n) is 15.1. The van der Waals surface area contributed by atoms with Gasteiger partial charge in [0.1, 0.15) is 17.3 Å².